The molecule has 2 unspecified atom stereocenters. The normalized spacial score (nSPS) is 14.1. The number of tetrazole rings is 1. The first-order chi connectivity index (χ1) is 11.8. The number of hydrogen-bond donors (Lipinski definition) is 2. The molecule has 1 aromatic carbocycles. The van der Waals surface area contributed by atoms with Crippen LogP contribution in [-0.4, -0.2) is 43.9 Å². The van der Waals surface area contributed by atoms with E-state index in [0.717, 1.165) is 5.56 Å². The Morgan fingerprint density at radius 1 is 1.32 bits per heavy atom. The van der Waals surface area contributed by atoms with E-state index < -0.39 is 12.1 Å². The first-order valence-corrected chi connectivity index (χ1v) is 8.53. The van der Waals surface area contributed by atoms with Crippen LogP contribution in [0.25, 0.3) is 0 Å². The van der Waals surface area contributed by atoms with Gasteiger partial charge in [0.15, 0.2) is 0 Å². The minimum absolute atomic E-state index is 0.127. The first-order valence-electron chi connectivity index (χ1n) is 8.53. The molecule has 2 N–H and O–H groups in total. The summed E-state index contributed by atoms with van der Waals surface area (Å²) in [6, 6.07) is 9.29. The minimum Gasteiger partial charge on any atom is -0.393 e. The van der Waals surface area contributed by atoms with Gasteiger partial charge in [-0.15, -0.1) is 5.10 Å². The van der Waals surface area contributed by atoms with Crippen molar-refractivity contribution in [2.24, 2.45) is 5.41 Å². The van der Waals surface area contributed by atoms with Crippen LogP contribution in [0, 0.1) is 12.3 Å². The highest BCUT2D eigenvalue weighted by Gasteiger charge is 2.27. The molecule has 25 heavy (non-hydrogen) atoms. The fraction of sp³-hybridized carbons (Fsp3) is 0.556. The molecular weight excluding hydrogens is 318 g/mol. The van der Waals surface area contributed by atoms with Gasteiger partial charge in [0.1, 0.15) is 11.9 Å². The van der Waals surface area contributed by atoms with Crippen molar-refractivity contribution >= 4 is 5.91 Å². The standard InChI is InChI=1S/C18H27N5O2/c1-13(24)11-18(3,4)12-19-17(25)16(23-14(2)20-21-22-23)10-15-8-6-5-7-9-15/h5-9,13,16,24H,10-12H2,1-4H3,(H,19,25). The number of nitrogens with one attached hydrogen (secondary N) is 1. The molecule has 0 aliphatic rings. The summed E-state index contributed by atoms with van der Waals surface area (Å²) >= 11 is 0. The van der Waals surface area contributed by atoms with Gasteiger partial charge in [0.25, 0.3) is 0 Å². The average molecular weight is 345 g/mol. The number of aromatic nitrogens is 4. The van der Waals surface area contributed by atoms with E-state index in [1.54, 1.807) is 18.5 Å². The van der Waals surface area contributed by atoms with Crippen LogP contribution in [0.1, 0.15) is 44.6 Å². The number of aliphatic hydroxyl groups excluding tert-OH is 1. The van der Waals surface area contributed by atoms with E-state index in [-0.39, 0.29) is 11.3 Å². The van der Waals surface area contributed by atoms with Gasteiger partial charge in [-0.05, 0) is 41.7 Å². The molecule has 0 aliphatic carbocycles. The second-order valence-electron chi connectivity index (χ2n) is 7.31. The second-order valence-corrected chi connectivity index (χ2v) is 7.31. The van der Waals surface area contributed by atoms with Crippen LogP contribution in [-0.2, 0) is 11.2 Å². The Morgan fingerprint density at radius 3 is 2.56 bits per heavy atom. The third kappa shape index (κ3) is 5.63. The zero-order valence-electron chi connectivity index (χ0n) is 15.3. The van der Waals surface area contributed by atoms with Crippen molar-refractivity contribution in [3.8, 4) is 0 Å². The summed E-state index contributed by atoms with van der Waals surface area (Å²) in [5.74, 6) is 0.470. The van der Waals surface area contributed by atoms with E-state index in [0.29, 0.717) is 25.2 Å². The molecule has 136 valence electrons. The lowest BCUT2D eigenvalue weighted by atomic mass is 9.87. The molecular formula is C18H27N5O2. The Hall–Kier alpha value is -2.28. The number of rotatable bonds is 8. The molecule has 0 saturated carbocycles. The Balaban J connectivity index is 2.12. The topological polar surface area (TPSA) is 92.9 Å². The van der Waals surface area contributed by atoms with Gasteiger partial charge in [0.05, 0.1) is 6.10 Å². The van der Waals surface area contributed by atoms with Gasteiger partial charge in [-0.2, -0.15) is 0 Å². The van der Waals surface area contributed by atoms with Gasteiger partial charge < -0.3 is 10.4 Å². The van der Waals surface area contributed by atoms with E-state index in [2.05, 4.69) is 20.8 Å². The molecule has 0 spiro atoms. The van der Waals surface area contributed by atoms with Crippen molar-refractivity contribution in [1.82, 2.24) is 25.5 Å². The Morgan fingerprint density at radius 2 is 2.00 bits per heavy atom. The molecule has 7 nitrogen and oxygen atoms in total. The van der Waals surface area contributed by atoms with Crippen LogP contribution < -0.4 is 5.32 Å². The van der Waals surface area contributed by atoms with E-state index in [1.165, 1.54) is 0 Å². The minimum atomic E-state index is -0.514. The molecule has 2 rings (SSSR count). The van der Waals surface area contributed by atoms with Crippen molar-refractivity contribution in [1.29, 1.82) is 0 Å². The predicted molar refractivity (Wildman–Crippen MR) is 94.8 cm³/mol. The smallest absolute Gasteiger partial charge is 0.245 e. The van der Waals surface area contributed by atoms with E-state index in [1.807, 2.05) is 44.2 Å². The molecule has 7 heteroatoms. The van der Waals surface area contributed by atoms with Crippen molar-refractivity contribution < 1.29 is 9.90 Å². The summed E-state index contributed by atoms with van der Waals surface area (Å²) in [5.41, 5.74) is 0.845. The van der Waals surface area contributed by atoms with Crippen LogP contribution >= 0.6 is 0 Å². The van der Waals surface area contributed by atoms with E-state index >= 15 is 0 Å². The largest absolute Gasteiger partial charge is 0.393 e. The lowest BCUT2D eigenvalue weighted by molar-refractivity contribution is -0.125. The molecule has 1 aromatic heterocycles. The molecule has 0 aliphatic heterocycles. The summed E-state index contributed by atoms with van der Waals surface area (Å²) in [7, 11) is 0. The number of carbonyl (C=O) groups excluding carboxylic acids is 1. The second kappa shape index (κ2) is 8.20. The molecule has 1 heterocycles. The van der Waals surface area contributed by atoms with Gasteiger partial charge in [0, 0.05) is 13.0 Å². The summed E-state index contributed by atoms with van der Waals surface area (Å²) in [6.45, 7) is 8.06. The summed E-state index contributed by atoms with van der Waals surface area (Å²) in [5, 5.41) is 24.1. The fourth-order valence-electron chi connectivity index (χ4n) is 2.97. The van der Waals surface area contributed by atoms with Crippen LogP contribution in [0.15, 0.2) is 30.3 Å². The van der Waals surface area contributed by atoms with Gasteiger partial charge >= 0.3 is 0 Å². The van der Waals surface area contributed by atoms with Crippen LogP contribution in [0.3, 0.4) is 0 Å². The molecule has 0 radical (unpaired) electrons. The van der Waals surface area contributed by atoms with Crippen LogP contribution in [0.2, 0.25) is 0 Å². The van der Waals surface area contributed by atoms with Gasteiger partial charge in [-0.25, -0.2) is 4.68 Å². The third-order valence-corrected chi connectivity index (χ3v) is 4.12. The van der Waals surface area contributed by atoms with Crippen molar-refractivity contribution in [3.63, 3.8) is 0 Å². The van der Waals surface area contributed by atoms with Crippen molar-refractivity contribution in [2.45, 2.75) is 52.7 Å². The summed E-state index contributed by atoms with van der Waals surface area (Å²) < 4.78 is 1.56. The quantitative estimate of drug-likeness (QED) is 0.759. The van der Waals surface area contributed by atoms with Gasteiger partial charge in [-0.1, -0.05) is 44.2 Å². The number of aryl methyl sites for hydroxylation is 1. The zero-order chi connectivity index (χ0) is 18.4. The monoisotopic (exact) mass is 345 g/mol. The molecule has 0 saturated heterocycles. The van der Waals surface area contributed by atoms with Gasteiger partial charge in [0.2, 0.25) is 5.91 Å². The first kappa shape index (κ1) is 19.1. The lowest BCUT2D eigenvalue weighted by Gasteiger charge is -2.27. The van der Waals surface area contributed by atoms with E-state index in [9.17, 15) is 9.90 Å². The highest BCUT2D eigenvalue weighted by atomic mass is 16.3. The average Bonchev–Trinajstić information content (AvgIpc) is 2.96. The Bertz CT molecular complexity index is 682. The maximum absolute atomic E-state index is 12.8. The molecule has 0 bridgehead atoms. The summed E-state index contributed by atoms with van der Waals surface area (Å²) in [6.07, 6.45) is 0.712. The molecule has 2 aromatic rings. The van der Waals surface area contributed by atoms with Gasteiger partial charge in [-0.3, -0.25) is 4.79 Å². The Kier molecular flexibility index (Phi) is 6.25. The number of carbonyl (C=O) groups is 1. The highest BCUT2D eigenvalue weighted by molar-refractivity contribution is 5.80. The maximum atomic E-state index is 12.8. The predicted octanol–water partition coefficient (Wildman–Crippen LogP) is 1.68. The maximum Gasteiger partial charge on any atom is 0.245 e. The van der Waals surface area contributed by atoms with Crippen molar-refractivity contribution in [3.05, 3.63) is 41.7 Å². The van der Waals surface area contributed by atoms with Crippen molar-refractivity contribution in [2.75, 3.05) is 6.54 Å². The van der Waals surface area contributed by atoms with Crippen LogP contribution in [0.4, 0.5) is 0 Å². The number of benzene rings is 1. The van der Waals surface area contributed by atoms with E-state index in [4.69, 9.17) is 0 Å². The molecule has 1 amide bonds. The Labute approximate surface area is 148 Å². The number of nitrogens with zero attached hydrogens (tertiary/aromatic N) is 4. The molecule has 2 atom stereocenters. The number of hydrogen-bond acceptors (Lipinski definition) is 5. The number of aliphatic hydroxyl groups is 1. The molecule has 0 fully saturated rings. The third-order valence-electron chi connectivity index (χ3n) is 4.12. The SMILES string of the molecule is Cc1nnnn1C(Cc1ccccc1)C(=O)NCC(C)(C)CC(C)O. The fourth-order valence-corrected chi connectivity index (χ4v) is 2.97. The zero-order valence-corrected chi connectivity index (χ0v) is 15.3. The lowest BCUT2D eigenvalue weighted by Crippen LogP contribution is -2.40. The number of amides is 1. The van der Waals surface area contributed by atoms with Crippen LogP contribution in [0.5, 0.6) is 0 Å². The highest BCUT2D eigenvalue weighted by Crippen LogP contribution is 2.22. The summed E-state index contributed by atoms with van der Waals surface area (Å²) in [4.78, 5) is 12.8.